The first-order chi connectivity index (χ1) is 9.88. The van der Waals surface area contributed by atoms with E-state index in [1.165, 1.54) is 5.56 Å². The molecule has 116 valence electrons. The molecule has 2 atom stereocenters. The Morgan fingerprint density at radius 3 is 2.43 bits per heavy atom. The number of hydrogen-bond donors (Lipinski definition) is 1. The number of nitrogens with one attached hydrogen (secondary N) is 1. The first-order valence-corrected chi connectivity index (χ1v) is 7.56. The Labute approximate surface area is 127 Å². The third kappa shape index (κ3) is 3.44. The molecule has 0 bridgehead atoms. The van der Waals surface area contributed by atoms with Crippen molar-refractivity contribution in [2.75, 3.05) is 13.7 Å². The molecule has 4 nitrogen and oxygen atoms in total. The van der Waals surface area contributed by atoms with Gasteiger partial charge in [0.2, 0.25) is 5.91 Å². The van der Waals surface area contributed by atoms with Crippen LogP contribution in [0, 0.1) is 6.92 Å². The van der Waals surface area contributed by atoms with Gasteiger partial charge in [0.1, 0.15) is 6.17 Å². The van der Waals surface area contributed by atoms with Crippen LogP contribution in [0.3, 0.4) is 0 Å². The zero-order valence-corrected chi connectivity index (χ0v) is 13.6. The summed E-state index contributed by atoms with van der Waals surface area (Å²) < 4.78 is 5.50. The van der Waals surface area contributed by atoms with E-state index in [4.69, 9.17) is 4.74 Å². The van der Waals surface area contributed by atoms with E-state index in [2.05, 4.69) is 36.5 Å². The van der Waals surface area contributed by atoms with Gasteiger partial charge in [-0.15, -0.1) is 0 Å². The highest BCUT2D eigenvalue weighted by Gasteiger charge is 2.40. The van der Waals surface area contributed by atoms with Gasteiger partial charge in [0, 0.05) is 7.11 Å². The monoisotopic (exact) mass is 290 g/mol. The number of methoxy groups -OCH3 is 1. The number of carbonyl (C=O) groups excluding carboxylic acids is 1. The van der Waals surface area contributed by atoms with E-state index in [0.717, 1.165) is 12.0 Å². The Morgan fingerprint density at radius 2 is 1.90 bits per heavy atom. The summed E-state index contributed by atoms with van der Waals surface area (Å²) in [6.07, 6.45) is 0.725. The molecule has 0 spiro atoms. The minimum absolute atomic E-state index is 0.0718. The Hall–Kier alpha value is -1.39. The molecule has 2 rings (SSSR count). The lowest BCUT2D eigenvalue weighted by atomic mass is 10.1. The molecular formula is C17H26N2O2. The highest BCUT2D eigenvalue weighted by Crippen LogP contribution is 2.29. The molecule has 4 heteroatoms. The van der Waals surface area contributed by atoms with Gasteiger partial charge in [-0.05, 0) is 32.8 Å². The third-order valence-electron chi connectivity index (χ3n) is 4.16. The molecule has 1 amide bonds. The summed E-state index contributed by atoms with van der Waals surface area (Å²) in [5, 5.41) is 3.44. The maximum absolute atomic E-state index is 12.6. The van der Waals surface area contributed by atoms with E-state index in [0.29, 0.717) is 6.54 Å². The van der Waals surface area contributed by atoms with Crippen LogP contribution in [-0.2, 0) is 9.53 Å². The second-order valence-corrected chi connectivity index (χ2v) is 6.37. The lowest BCUT2D eigenvalue weighted by Gasteiger charge is -2.32. The van der Waals surface area contributed by atoms with E-state index >= 15 is 0 Å². The van der Waals surface area contributed by atoms with Crippen molar-refractivity contribution < 1.29 is 9.53 Å². The van der Waals surface area contributed by atoms with Crippen LogP contribution in [0.1, 0.15) is 44.5 Å². The zero-order chi connectivity index (χ0) is 15.6. The normalized spacial score (nSPS) is 22.9. The van der Waals surface area contributed by atoms with Crippen molar-refractivity contribution in [1.82, 2.24) is 10.2 Å². The molecule has 1 N–H and O–H groups in total. The second-order valence-electron chi connectivity index (χ2n) is 6.37. The lowest BCUT2D eigenvalue weighted by Crippen LogP contribution is -2.43. The summed E-state index contributed by atoms with van der Waals surface area (Å²) in [7, 11) is 1.69. The fourth-order valence-electron chi connectivity index (χ4n) is 2.64. The molecule has 1 aliphatic heterocycles. The Kier molecular flexibility index (Phi) is 4.69. The smallest absolute Gasteiger partial charge is 0.241 e. The number of benzene rings is 1. The maximum Gasteiger partial charge on any atom is 0.241 e. The Morgan fingerprint density at radius 1 is 1.29 bits per heavy atom. The zero-order valence-electron chi connectivity index (χ0n) is 13.6. The van der Waals surface area contributed by atoms with Crippen molar-refractivity contribution in [2.45, 2.75) is 51.9 Å². The van der Waals surface area contributed by atoms with Gasteiger partial charge in [0.15, 0.2) is 0 Å². The lowest BCUT2D eigenvalue weighted by molar-refractivity contribution is -0.133. The van der Waals surface area contributed by atoms with E-state index in [1.807, 2.05) is 25.7 Å². The number of nitrogens with zero attached hydrogens (tertiary/aromatic N) is 1. The summed E-state index contributed by atoms with van der Waals surface area (Å²) in [5.74, 6) is 0.160. The molecule has 1 fully saturated rings. The molecule has 0 aliphatic carbocycles. The minimum atomic E-state index is -0.358. The molecular weight excluding hydrogens is 264 g/mol. The van der Waals surface area contributed by atoms with Crippen molar-refractivity contribution in [3.05, 3.63) is 35.4 Å². The molecule has 21 heavy (non-hydrogen) atoms. The van der Waals surface area contributed by atoms with Gasteiger partial charge in [0.25, 0.3) is 0 Å². The largest absolute Gasteiger partial charge is 0.377 e. The molecule has 1 saturated heterocycles. The van der Waals surface area contributed by atoms with Gasteiger partial charge >= 0.3 is 0 Å². The first kappa shape index (κ1) is 16.0. The van der Waals surface area contributed by atoms with Gasteiger partial charge in [0.05, 0.1) is 18.2 Å². The van der Waals surface area contributed by atoms with Gasteiger partial charge in [-0.25, -0.2) is 0 Å². The number of rotatable bonds is 5. The van der Waals surface area contributed by atoms with E-state index in [1.54, 1.807) is 7.11 Å². The molecule has 1 aromatic rings. The Balaban J connectivity index is 2.28. The van der Waals surface area contributed by atoms with Crippen LogP contribution in [0.4, 0.5) is 0 Å². The van der Waals surface area contributed by atoms with Gasteiger partial charge in [-0.1, -0.05) is 36.8 Å². The van der Waals surface area contributed by atoms with Crippen LogP contribution in [0.5, 0.6) is 0 Å². The van der Waals surface area contributed by atoms with Crippen molar-refractivity contribution in [3.63, 3.8) is 0 Å². The summed E-state index contributed by atoms with van der Waals surface area (Å²) in [4.78, 5) is 14.5. The van der Waals surface area contributed by atoms with Crippen LogP contribution >= 0.6 is 0 Å². The standard InChI is InChI=1S/C17H26N2O2/c1-6-14-16(20)19(11-17(3,4)21-5)15(18-14)13-9-7-12(2)8-10-13/h7-10,14-15,18H,6,11H2,1-5H3. The van der Waals surface area contributed by atoms with Crippen molar-refractivity contribution in [1.29, 1.82) is 0 Å². The molecule has 0 aromatic heterocycles. The van der Waals surface area contributed by atoms with Crippen LogP contribution in [0.2, 0.25) is 0 Å². The van der Waals surface area contributed by atoms with Crippen LogP contribution < -0.4 is 5.32 Å². The topological polar surface area (TPSA) is 41.6 Å². The van der Waals surface area contributed by atoms with E-state index in [-0.39, 0.29) is 23.7 Å². The summed E-state index contributed by atoms with van der Waals surface area (Å²) in [6, 6.07) is 8.24. The number of carbonyl (C=O) groups is 1. The van der Waals surface area contributed by atoms with Gasteiger partial charge in [-0.3, -0.25) is 10.1 Å². The number of hydrogen-bond acceptors (Lipinski definition) is 3. The average molecular weight is 290 g/mol. The fraction of sp³-hybridized carbons (Fsp3) is 0.588. The van der Waals surface area contributed by atoms with E-state index < -0.39 is 0 Å². The predicted octanol–water partition coefficient (Wildman–Crippen LogP) is 2.63. The van der Waals surface area contributed by atoms with Crippen molar-refractivity contribution in [3.8, 4) is 0 Å². The summed E-state index contributed by atoms with van der Waals surface area (Å²) >= 11 is 0. The maximum atomic E-state index is 12.6. The number of aryl methyl sites for hydroxylation is 1. The quantitative estimate of drug-likeness (QED) is 0.906. The Bertz CT molecular complexity index is 496. The van der Waals surface area contributed by atoms with Crippen LogP contribution in [-0.4, -0.2) is 36.1 Å². The third-order valence-corrected chi connectivity index (χ3v) is 4.16. The number of amides is 1. The van der Waals surface area contributed by atoms with Crippen molar-refractivity contribution in [2.24, 2.45) is 0 Å². The minimum Gasteiger partial charge on any atom is -0.377 e. The molecule has 1 heterocycles. The van der Waals surface area contributed by atoms with Gasteiger partial charge < -0.3 is 9.64 Å². The highest BCUT2D eigenvalue weighted by molar-refractivity contribution is 5.84. The fourth-order valence-corrected chi connectivity index (χ4v) is 2.64. The van der Waals surface area contributed by atoms with Gasteiger partial charge in [-0.2, -0.15) is 0 Å². The van der Waals surface area contributed by atoms with E-state index in [9.17, 15) is 4.79 Å². The first-order valence-electron chi connectivity index (χ1n) is 7.56. The highest BCUT2D eigenvalue weighted by atomic mass is 16.5. The average Bonchev–Trinajstić information content (AvgIpc) is 2.76. The van der Waals surface area contributed by atoms with Crippen LogP contribution in [0.15, 0.2) is 24.3 Å². The van der Waals surface area contributed by atoms with Crippen LogP contribution in [0.25, 0.3) is 0 Å². The SMILES string of the molecule is CCC1NC(c2ccc(C)cc2)N(CC(C)(C)OC)C1=O. The van der Waals surface area contributed by atoms with Crippen molar-refractivity contribution >= 4 is 5.91 Å². The summed E-state index contributed by atoms with van der Waals surface area (Å²) in [6.45, 7) is 8.69. The molecule has 0 radical (unpaired) electrons. The molecule has 1 aliphatic rings. The second kappa shape index (κ2) is 6.16. The predicted molar refractivity (Wildman–Crippen MR) is 83.9 cm³/mol. The number of ether oxygens (including phenoxy) is 1. The summed E-state index contributed by atoms with van der Waals surface area (Å²) in [5.41, 5.74) is 1.99. The molecule has 0 saturated carbocycles. The molecule has 1 aromatic carbocycles. The molecule has 2 unspecified atom stereocenters.